The topological polar surface area (TPSA) is 237 Å². The number of phosphoric ester groups is 2. The van der Waals surface area contributed by atoms with Gasteiger partial charge in [0.15, 0.2) is 12.2 Å². The highest BCUT2D eigenvalue weighted by Crippen LogP contribution is 2.45. The minimum atomic E-state index is -4.97. The Bertz CT molecular complexity index is 2000. The van der Waals surface area contributed by atoms with Crippen molar-refractivity contribution in [1.29, 1.82) is 0 Å². The first kappa shape index (κ1) is 103. The van der Waals surface area contributed by atoms with Crippen LogP contribution >= 0.6 is 15.6 Å². The van der Waals surface area contributed by atoms with E-state index < -0.39 is 97.5 Å². The second kappa shape index (κ2) is 78.7. The van der Waals surface area contributed by atoms with Crippen molar-refractivity contribution >= 4 is 39.5 Å². The minimum Gasteiger partial charge on any atom is -0.462 e. The van der Waals surface area contributed by atoms with Crippen molar-refractivity contribution < 1.29 is 80.2 Å². The van der Waals surface area contributed by atoms with Crippen molar-refractivity contribution in [2.24, 2.45) is 5.92 Å². The Kier molecular flexibility index (Phi) is 77.3. The summed E-state index contributed by atoms with van der Waals surface area (Å²) >= 11 is 0. The van der Waals surface area contributed by atoms with Crippen molar-refractivity contribution in [1.82, 2.24) is 0 Å². The molecule has 0 rings (SSSR count). The monoisotopic (exact) mass is 1540 g/mol. The molecule has 105 heavy (non-hydrogen) atoms. The summed E-state index contributed by atoms with van der Waals surface area (Å²) in [7, 11) is -9.93. The number of aliphatic hydroxyl groups excluding tert-OH is 1. The average Bonchev–Trinajstić information content (AvgIpc) is 0.922. The van der Waals surface area contributed by atoms with Crippen LogP contribution in [0.25, 0.3) is 0 Å². The predicted molar refractivity (Wildman–Crippen MR) is 432 cm³/mol. The Balaban J connectivity index is 5.23. The van der Waals surface area contributed by atoms with Crippen LogP contribution < -0.4 is 0 Å². The molecule has 0 amide bonds. The van der Waals surface area contributed by atoms with E-state index in [0.717, 1.165) is 95.8 Å². The molecular weight excluding hydrogens is 1370 g/mol. The fourth-order valence-corrected chi connectivity index (χ4v) is 15.0. The van der Waals surface area contributed by atoms with Crippen LogP contribution in [-0.2, 0) is 65.4 Å². The molecule has 0 bridgehead atoms. The summed E-state index contributed by atoms with van der Waals surface area (Å²) in [4.78, 5) is 73.2. The SMILES string of the molecule is CCCCCCCCCCCCCCCCCCCCCCCC(=O)O[C@H](COC(=O)CCCCCCCCCCCCCCCCCCCCC)COP(=O)(O)OC[C@@H](O)COP(=O)(O)OC[C@@H](COC(=O)CCCCCCCCCCCCC)OC(=O)CCCCCCCCCCCCC(C)CC. The minimum absolute atomic E-state index is 0.107. The van der Waals surface area contributed by atoms with Gasteiger partial charge in [-0.15, -0.1) is 0 Å². The molecule has 0 radical (unpaired) electrons. The standard InChI is InChI=1S/C86H168O17P2/c1-6-10-13-16-19-22-25-27-29-31-33-34-36-38-40-42-45-51-56-61-66-71-85(90)102-81(76-97-84(89)70-65-60-55-50-44-41-39-37-35-32-30-28-26-23-20-17-14-11-7-2)77-100-104(92,93)98-73-80(87)74-99-105(94,95)101-78-82(75-96-83(88)69-64-59-54-49-43-24-21-18-15-12-8-3)103-86(91)72-67-62-57-52-47-46-48-53-58-63-68-79(5)9-4/h79-82,87H,6-78H2,1-5H3,(H,92,93)(H,94,95)/t79?,80-,81-,82-/m1/s1. The molecule has 0 aliphatic carbocycles. The smallest absolute Gasteiger partial charge is 0.462 e. The van der Waals surface area contributed by atoms with Gasteiger partial charge in [-0.25, -0.2) is 9.13 Å². The Morgan fingerprint density at radius 3 is 0.676 bits per heavy atom. The first-order valence-electron chi connectivity index (χ1n) is 44.7. The molecule has 0 fully saturated rings. The second-order valence-corrected chi connectivity index (χ2v) is 34.1. The summed E-state index contributed by atoms with van der Waals surface area (Å²) < 4.78 is 68.9. The van der Waals surface area contributed by atoms with Crippen LogP contribution in [0, 0.1) is 5.92 Å². The molecule has 0 spiro atoms. The van der Waals surface area contributed by atoms with Gasteiger partial charge < -0.3 is 33.8 Å². The molecule has 6 atom stereocenters. The van der Waals surface area contributed by atoms with Crippen LogP contribution in [0.15, 0.2) is 0 Å². The van der Waals surface area contributed by atoms with E-state index in [-0.39, 0.29) is 25.7 Å². The van der Waals surface area contributed by atoms with E-state index >= 15 is 0 Å². The zero-order valence-electron chi connectivity index (χ0n) is 68.9. The van der Waals surface area contributed by atoms with E-state index in [1.54, 1.807) is 0 Å². The van der Waals surface area contributed by atoms with E-state index in [4.69, 9.17) is 37.0 Å². The summed E-state index contributed by atoms with van der Waals surface area (Å²) in [5, 5.41) is 10.7. The lowest BCUT2D eigenvalue weighted by Crippen LogP contribution is -2.30. The maximum absolute atomic E-state index is 13.1. The molecule has 0 saturated carbocycles. The summed E-state index contributed by atoms with van der Waals surface area (Å²) in [6.07, 6.45) is 72.2. The molecule has 3 unspecified atom stereocenters. The molecule has 17 nitrogen and oxygen atoms in total. The Labute approximate surface area is 645 Å². The molecule has 0 saturated heterocycles. The number of ether oxygens (including phenoxy) is 4. The van der Waals surface area contributed by atoms with E-state index in [1.165, 1.54) is 289 Å². The van der Waals surface area contributed by atoms with Crippen molar-refractivity contribution in [3.8, 4) is 0 Å². The molecule has 0 aliphatic rings. The maximum atomic E-state index is 13.1. The van der Waals surface area contributed by atoms with E-state index in [0.29, 0.717) is 25.7 Å². The van der Waals surface area contributed by atoms with E-state index in [9.17, 15) is 43.2 Å². The van der Waals surface area contributed by atoms with Crippen LogP contribution in [0.1, 0.15) is 465 Å². The molecular formula is C86H168O17P2. The Morgan fingerprint density at radius 1 is 0.267 bits per heavy atom. The maximum Gasteiger partial charge on any atom is 0.472 e. The zero-order chi connectivity index (χ0) is 76.9. The van der Waals surface area contributed by atoms with Gasteiger partial charge >= 0.3 is 39.5 Å². The quantitative estimate of drug-likeness (QED) is 0.0222. The van der Waals surface area contributed by atoms with Crippen LogP contribution in [0.3, 0.4) is 0 Å². The van der Waals surface area contributed by atoms with Gasteiger partial charge in [-0.05, 0) is 31.6 Å². The fourth-order valence-electron chi connectivity index (χ4n) is 13.4. The van der Waals surface area contributed by atoms with Gasteiger partial charge in [-0.3, -0.25) is 37.3 Å². The lowest BCUT2D eigenvalue weighted by molar-refractivity contribution is -0.161. The van der Waals surface area contributed by atoms with Crippen LogP contribution in [0.5, 0.6) is 0 Å². The third kappa shape index (κ3) is 78.5. The molecule has 0 aromatic rings. The summed E-state index contributed by atoms with van der Waals surface area (Å²) in [5.41, 5.74) is 0. The predicted octanol–water partition coefficient (Wildman–Crippen LogP) is 26.4. The largest absolute Gasteiger partial charge is 0.472 e. The number of unbranched alkanes of at least 4 members (excludes halogenated alkanes) is 57. The van der Waals surface area contributed by atoms with Gasteiger partial charge in [0.25, 0.3) is 0 Å². The highest BCUT2D eigenvalue weighted by molar-refractivity contribution is 7.47. The van der Waals surface area contributed by atoms with Crippen LogP contribution in [0.4, 0.5) is 0 Å². The molecule has 0 heterocycles. The molecule has 0 aromatic heterocycles. The summed E-state index contributed by atoms with van der Waals surface area (Å²) in [6.45, 7) is 7.38. The third-order valence-electron chi connectivity index (χ3n) is 20.6. The van der Waals surface area contributed by atoms with E-state index in [2.05, 4.69) is 34.6 Å². The van der Waals surface area contributed by atoms with Gasteiger partial charge in [0.05, 0.1) is 26.4 Å². The molecule has 3 N–H and O–H groups in total. The highest BCUT2D eigenvalue weighted by atomic mass is 31.2. The van der Waals surface area contributed by atoms with Gasteiger partial charge in [0.1, 0.15) is 19.3 Å². The highest BCUT2D eigenvalue weighted by Gasteiger charge is 2.30. The number of carbonyl (C=O) groups is 4. The fraction of sp³-hybridized carbons (Fsp3) is 0.953. The first-order valence-corrected chi connectivity index (χ1v) is 47.7. The van der Waals surface area contributed by atoms with E-state index in [1.807, 2.05) is 0 Å². The van der Waals surface area contributed by atoms with Gasteiger partial charge in [-0.2, -0.15) is 0 Å². The third-order valence-corrected chi connectivity index (χ3v) is 22.5. The zero-order valence-corrected chi connectivity index (χ0v) is 70.7. The number of aliphatic hydroxyl groups is 1. The van der Waals surface area contributed by atoms with Crippen molar-refractivity contribution in [3.63, 3.8) is 0 Å². The summed E-state index contributed by atoms with van der Waals surface area (Å²) in [6, 6.07) is 0. The number of esters is 4. The Hall–Kier alpha value is -1.94. The number of phosphoric acid groups is 2. The van der Waals surface area contributed by atoms with Crippen LogP contribution in [-0.4, -0.2) is 96.7 Å². The molecule has 624 valence electrons. The number of hydrogen-bond donors (Lipinski definition) is 3. The van der Waals surface area contributed by atoms with Gasteiger partial charge in [0, 0.05) is 25.7 Å². The summed E-state index contributed by atoms with van der Waals surface area (Å²) in [5.74, 6) is -1.30. The molecule has 19 heteroatoms. The molecule has 0 aliphatic heterocycles. The van der Waals surface area contributed by atoms with Gasteiger partial charge in [0.2, 0.25) is 0 Å². The van der Waals surface area contributed by atoms with Crippen LogP contribution in [0.2, 0.25) is 0 Å². The number of hydrogen-bond acceptors (Lipinski definition) is 15. The molecule has 0 aromatic carbocycles. The van der Waals surface area contributed by atoms with Crippen molar-refractivity contribution in [2.45, 2.75) is 483 Å². The second-order valence-electron chi connectivity index (χ2n) is 31.2. The van der Waals surface area contributed by atoms with Gasteiger partial charge in [-0.1, -0.05) is 413 Å². The number of rotatable bonds is 86. The van der Waals surface area contributed by atoms with Crippen molar-refractivity contribution in [2.75, 3.05) is 39.6 Å². The normalized spacial score (nSPS) is 14.0. The van der Waals surface area contributed by atoms with Crippen molar-refractivity contribution in [3.05, 3.63) is 0 Å². The Morgan fingerprint density at radius 2 is 0.457 bits per heavy atom. The lowest BCUT2D eigenvalue weighted by Gasteiger charge is -2.21. The average molecular weight is 1540 g/mol. The lowest BCUT2D eigenvalue weighted by atomic mass is 9.99. The first-order chi connectivity index (χ1) is 51.1. The number of carbonyl (C=O) groups excluding carboxylic acids is 4.